The fourth-order valence-electron chi connectivity index (χ4n) is 1.97. The highest BCUT2D eigenvalue weighted by Gasteiger charge is 2.11. The third-order valence-corrected chi connectivity index (χ3v) is 2.75. The smallest absolute Gasteiger partial charge is 0.345 e. The maximum absolute atomic E-state index is 11.7. The largest absolute Gasteiger partial charge is 0.359 e. The molecule has 0 aliphatic heterocycles. The molecule has 0 unspecified atom stereocenters. The van der Waals surface area contributed by atoms with Gasteiger partial charge in [-0.2, -0.15) is 0 Å². The van der Waals surface area contributed by atoms with Crippen molar-refractivity contribution in [3.8, 4) is 11.3 Å². The van der Waals surface area contributed by atoms with Crippen molar-refractivity contribution in [2.45, 2.75) is 6.92 Å². The van der Waals surface area contributed by atoms with Gasteiger partial charge in [-0.05, 0) is 5.56 Å². The monoisotopic (exact) mass is 226 g/mol. The Morgan fingerprint density at radius 2 is 1.88 bits per heavy atom. The fourth-order valence-corrected chi connectivity index (χ4v) is 1.97. The van der Waals surface area contributed by atoms with E-state index in [0.717, 1.165) is 22.6 Å². The van der Waals surface area contributed by atoms with E-state index in [9.17, 15) is 4.79 Å². The summed E-state index contributed by atoms with van der Waals surface area (Å²) in [5.41, 5.74) is 3.31. The van der Waals surface area contributed by atoms with Crippen LogP contribution in [0.15, 0.2) is 41.2 Å². The Kier molecular flexibility index (Phi) is 2.08. The number of fused-ring (bicyclic) bond motifs is 1. The number of rotatable bonds is 1. The summed E-state index contributed by atoms with van der Waals surface area (Å²) in [5.74, 6) is 0.751. The van der Waals surface area contributed by atoms with Crippen molar-refractivity contribution in [2.75, 3.05) is 0 Å². The van der Waals surface area contributed by atoms with Crippen LogP contribution in [-0.2, 0) is 0 Å². The van der Waals surface area contributed by atoms with Gasteiger partial charge in [-0.15, -0.1) is 0 Å². The van der Waals surface area contributed by atoms with E-state index >= 15 is 0 Å². The maximum Gasteiger partial charge on any atom is 0.359 e. The van der Waals surface area contributed by atoms with Gasteiger partial charge in [-0.25, -0.2) is 14.8 Å². The zero-order valence-corrected chi connectivity index (χ0v) is 9.37. The normalized spacial score (nSPS) is 10.9. The van der Waals surface area contributed by atoms with Crippen molar-refractivity contribution in [2.24, 2.45) is 0 Å². The molecular weight excluding hydrogens is 214 g/mol. The minimum Gasteiger partial charge on any atom is -0.345 e. The van der Waals surface area contributed by atoms with Crippen molar-refractivity contribution >= 4 is 11.0 Å². The van der Waals surface area contributed by atoms with Gasteiger partial charge in [0, 0.05) is 13.0 Å². The minimum atomic E-state index is -0.0987. The molecule has 2 aromatic heterocycles. The van der Waals surface area contributed by atoms with Crippen LogP contribution in [0.4, 0.5) is 0 Å². The third-order valence-electron chi connectivity index (χ3n) is 2.75. The molecule has 0 atom stereocenters. The van der Waals surface area contributed by atoms with Gasteiger partial charge in [0.2, 0.25) is 0 Å². The van der Waals surface area contributed by atoms with E-state index in [1.54, 1.807) is 0 Å². The summed E-state index contributed by atoms with van der Waals surface area (Å²) >= 11 is 0. The molecule has 17 heavy (non-hydrogen) atoms. The molecule has 3 rings (SSSR count). The highest BCUT2D eigenvalue weighted by Crippen LogP contribution is 2.19. The highest BCUT2D eigenvalue weighted by atomic mass is 16.1. The number of aromatic amines is 3. The van der Waals surface area contributed by atoms with Gasteiger partial charge in [0.1, 0.15) is 0 Å². The van der Waals surface area contributed by atoms with Gasteiger partial charge < -0.3 is 4.98 Å². The van der Waals surface area contributed by atoms with Gasteiger partial charge in [0.15, 0.2) is 11.0 Å². The van der Waals surface area contributed by atoms with E-state index in [0.29, 0.717) is 5.52 Å². The third kappa shape index (κ3) is 1.63. The van der Waals surface area contributed by atoms with E-state index in [4.69, 9.17) is 0 Å². The molecular formula is C13H12N3O+. The summed E-state index contributed by atoms with van der Waals surface area (Å²) in [6.07, 6.45) is 0. The first-order valence-corrected chi connectivity index (χ1v) is 5.44. The number of benzene rings is 1. The molecule has 4 heteroatoms. The molecule has 4 nitrogen and oxygen atoms in total. The van der Waals surface area contributed by atoms with E-state index in [-0.39, 0.29) is 5.56 Å². The Labute approximate surface area is 97.3 Å². The molecule has 0 aliphatic rings. The summed E-state index contributed by atoms with van der Waals surface area (Å²) in [6.45, 7) is 1.83. The summed E-state index contributed by atoms with van der Waals surface area (Å²) in [6, 6.07) is 11.9. The van der Waals surface area contributed by atoms with Crippen LogP contribution in [-0.4, -0.2) is 9.97 Å². The van der Waals surface area contributed by atoms with E-state index in [2.05, 4.69) is 15.0 Å². The first-order chi connectivity index (χ1) is 8.24. The van der Waals surface area contributed by atoms with Crippen LogP contribution in [0.2, 0.25) is 0 Å². The van der Waals surface area contributed by atoms with E-state index in [1.807, 2.05) is 43.3 Å². The predicted octanol–water partition coefficient (Wildman–Crippen LogP) is 1.65. The topological polar surface area (TPSA) is 62.8 Å². The quantitative estimate of drug-likeness (QED) is 0.651. The molecule has 0 saturated carbocycles. The van der Waals surface area contributed by atoms with Crippen molar-refractivity contribution in [1.29, 1.82) is 0 Å². The number of aryl methyl sites for hydroxylation is 1. The zero-order chi connectivity index (χ0) is 11.8. The second-order valence-electron chi connectivity index (χ2n) is 4.04. The van der Waals surface area contributed by atoms with E-state index in [1.165, 1.54) is 0 Å². The number of nitrogens with one attached hydrogen (secondary N) is 3. The molecule has 0 spiro atoms. The van der Waals surface area contributed by atoms with Crippen LogP contribution in [0.5, 0.6) is 0 Å². The van der Waals surface area contributed by atoms with Crippen molar-refractivity contribution < 1.29 is 4.98 Å². The van der Waals surface area contributed by atoms with Gasteiger partial charge in [-0.1, -0.05) is 30.3 Å². The van der Waals surface area contributed by atoms with Gasteiger partial charge in [0.25, 0.3) is 5.82 Å². The van der Waals surface area contributed by atoms with Crippen LogP contribution in [0, 0.1) is 6.92 Å². The first kappa shape index (κ1) is 9.84. The van der Waals surface area contributed by atoms with Crippen LogP contribution in [0.25, 0.3) is 22.3 Å². The molecule has 0 aliphatic carbocycles. The Bertz CT molecular complexity index is 725. The standard InChI is InChI=1S/C13H11N3O/c1-8-14-11-7-10(9-5-3-2-4-6-9)16-12(11)13(17)15-8/h2-7,16H,1H3,(H,14,15,17)/p+1. The molecule has 1 aromatic carbocycles. The van der Waals surface area contributed by atoms with Crippen LogP contribution >= 0.6 is 0 Å². The molecule has 0 bridgehead atoms. The Hall–Kier alpha value is -2.36. The number of hydrogen-bond acceptors (Lipinski definition) is 1. The molecule has 0 saturated heterocycles. The van der Waals surface area contributed by atoms with Crippen LogP contribution < -0.4 is 10.5 Å². The number of H-pyrrole nitrogens is 3. The van der Waals surface area contributed by atoms with Crippen molar-refractivity contribution in [3.05, 3.63) is 52.6 Å². The fraction of sp³-hybridized carbons (Fsp3) is 0.0769. The van der Waals surface area contributed by atoms with Gasteiger partial charge >= 0.3 is 5.56 Å². The number of hydrogen-bond donors (Lipinski definition) is 2. The lowest BCUT2D eigenvalue weighted by Crippen LogP contribution is -2.19. The second kappa shape index (κ2) is 3.59. The van der Waals surface area contributed by atoms with Crippen molar-refractivity contribution in [1.82, 2.24) is 9.97 Å². The predicted molar refractivity (Wildman–Crippen MR) is 65.6 cm³/mol. The molecule has 2 heterocycles. The van der Waals surface area contributed by atoms with Gasteiger partial charge in [-0.3, -0.25) is 0 Å². The molecule has 0 fully saturated rings. The molecule has 0 amide bonds. The Balaban J connectivity index is 2.28. The van der Waals surface area contributed by atoms with Gasteiger partial charge in [0.05, 0.1) is 5.69 Å². The highest BCUT2D eigenvalue weighted by molar-refractivity contribution is 5.79. The average Bonchev–Trinajstić information content (AvgIpc) is 2.74. The lowest BCUT2D eigenvalue weighted by atomic mass is 10.2. The Morgan fingerprint density at radius 3 is 2.65 bits per heavy atom. The summed E-state index contributed by atoms with van der Waals surface area (Å²) in [5, 5.41) is 0. The lowest BCUT2D eigenvalue weighted by Gasteiger charge is -1.94. The lowest BCUT2D eigenvalue weighted by molar-refractivity contribution is -0.360. The van der Waals surface area contributed by atoms with E-state index < -0.39 is 0 Å². The molecule has 3 N–H and O–H groups in total. The van der Waals surface area contributed by atoms with Crippen LogP contribution in [0.3, 0.4) is 0 Å². The second-order valence-corrected chi connectivity index (χ2v) is 4.04. The van der Waals surface area contributed by atoms with Crippen LogP contribution in [0.1, 0.15) is 5.82 Å². The van der Waals surface area contributed by atoms with Crippen molar-refractivity contribution in [3.63, 3.8) is 0 Å². The minimum absolute atomic E-state index is 0.0987. The molecule has 84 valence electrons. The SMILES string of the molecule is Cc1[nH]c(=O)c2[nH]c(-c3ccccc3)cc2[nH+]1. The average molecular weight is 226 g/mol. The summed E-state index contributed by atoms with van der Waals surface area (Å²) in [7, 11) is 0. The maximum atomic E-state index is 11.7. The first-order valence-electron chi connectivity index (χ1n) is 5.44. The molecule has 3 aromatic rings. The summed E-state index contributed by atoms with van der Waals surface area (Å²) < 4.78 is 0. The zero-order valence-electron chi connectivity index (χ0n) is 9.37. The molecule has 0 radical (unpaired) electrons. The number of aromatic nitrogens is 3. The Morgan fingerprint density at radius 1 is 1.12 bits per heavy atom. The summed E-state index contributed by atoms with van der Waals surface area (Å²) in [4.78, 5) is 20.7.